The van der Waals surface area contributed by atoms with E-state index in [1.807, 2.05) is 37.4 Å². The first-order valence-corrected chi connectivity index (χ1v) is 9.35. The monoisotopic (exact) mass is 371 g/mol. The van der Waals surface area contributed by atoms with Crippen LogP contribution in [0.2, 0.25) is 0 Å². The molecule has 0 aliphatic carbocycles. The molecular weight excluding hydrogens is 354 g/mol. The molecule has 128 valence electrons. The van der Waals surface area contributed by atoms with Crippen LogP contribution < -0.4 is 10.6 Å². The van der Waals surface area contributed by atoms with E-state index in [4.69, 9.17) is 0 Å². The normalized spacial score (nSPS) is 10.5. The molecule has 0 aliphatic rings. The third-order valence-electron chi connectivity index (χ3n) is 3.63. The minimum absolute atomic E-state index is 0.148. The van der Waals surface area contributed by atoms with Gasteiger partial charge in [0.05, 0.1) is 10.6 Å². The van der Waals surface area contributed by atoms with Gasteiger partial charge in [0.2, 0.25) is 5.91 Å². The molecule has 0 saturated heterocycles. The number of aromatic nitrogens is 1. The summed E-state index contributed by atoms with van der Waals surface area (Å²) in [5.41, 5.74) is 2.88. The smallest absolute Gasteiger partial charge is 0.267 e. The number of anilines is 2. The summed E-state index contributed by atoms with van der Waals surface area (Å²) in [5.74, 6) is -0.341. The Kier molecular flexibility index (Phi) is 4.96. The van der Waals surface area contributed by atoms with Crippen LogP contribution in [-0.2, 0) is 4.79 Å². The van der Waals surface area contributed by atoms with Gasteiger partial charge in [-0.1, -0.05) is 12.1 Å². The molecule has 7 heteroatoms. The molecule has 0 atom stereocenters. The fraction of sp³-hybridized carbons (Fsp3) is 0.167. The molecule has 0 spiro atoms. The predicted molar refractivity (Wildman–Crippen MR) is 104 cm³/mol. The topological polar surface area (TPSA) is 71.1 Å². The molecule has 1 aromatic carbocycles. The van der Waals surface area contributed by atoms with E-state index in [1.165, 1.54) is 18.3 Å². The van der Waals surface area contributed by atoms with Gasteiger partial charge in [-0.25, -0.2) is 4.98 Å². The maximum absolute atomic E-state index is 12.7. The Bertz CT molecular complexity index is 930. The number of amides is 2. The first kappa shape index (κ1) is 17.3. The molecule has 2 N–H and O–H groups in total. The molecule has 2 amide bonds. The summed E-state index contributed by atoms with van der Waals surface area (Å²) in [5, 5.41) is 8.52. The van der Waals surface area contributed by atoms with Crippen molar-refractivity contribution in [2.24, 2.45) is 0 Å². The Morgan fingerprint density at radius 3 is 2.40 bits per heavy atom. The number of carbonyl (C=O) groups is 2. The number of thiazole rings is 1. The Morgan fingerprint density at radius 1 is 1.04 bits per heavy atom. The quantitative estimate of drug-likeness (QED) is 0.698. The molecule has 0 unspecified atom stereocenters. The van der Waals surface area contributed by atoms with Crippen LogP contribution in [0, 0.1) is 13.8 Å². The molecular formula is C18H17N3O2S2. The molecule has 25 heavy (non-hydrogen) atoms. The zero-order valence-electron chi connectivity index (χ0n) is 14.0. The molecule has 0 aliphatic heterocycles. The third kappa shape index (κ3) is 3.78. The van der Waals surface area contributed by atoms with Gasteiger partial charge in [-0.3, -0.25) is 9.59 Å². The predicted octanol–water partition coefficient (Wildman–Crippen LogP) is 4.70. The van der Waals surface area contributed by atoms with Crippen molar-refractivity contribution in [1.82, 2.24) is 4.98 Å². The van der Waals surface area contributed by atoms with Crippen LogP contribution >= 0.6 is 22.7 Å². The van der Waals surface area contributed by atoms with Crippen LogP contribution in [0.5, 0.6) is 0 Å². The maximum Gasteiger partial charge on any atom is 0.267 e. The largest absolute Gasteiger partial charge is 0.326 e. The number of benzene rings is 1. The van der Waals surface area contributed by atoms with Crippen molar-refractivity contribution in [3.8, 4) is 9.88 Å². The number of aryl methyl sites for hydroxylation is 1. The van der Waals surface area contributed by atoms with E-state index in [0.717, 1.165) is 15.4 Å². The van der Waals surface area contributed by atoms with Gasteiger partial charge in [0.1, 0.15) is 9.88 Å². The molecule has 0 radical (unpaired) electrons. The van der Waals surface area contributed by atoms with Crippen molar-refractivity contribution >= 4 is 45.9 Å². The van der Waals surface area contributed by atoms with Gasteiger partial charge in [0.25, 0.3) is 5.91 Å². The highest BCUT2D eigenvalue weighted by molar-refractivity contribution is 7.22. The standard InChI is InChI=1S/C18H17N3O2S2/c1-10-13(20-12(3)22)6-4-7-14(10)21-17(23)16-11(2)19-18(25-16)15-8-5-9-24-15/h4-9H,1-3H3,(H,20,22)(H,21,23). The first-order chi connectivity index (χ1) is 12.0. The van der Waals surface area contributed by atoms with Gasteiger partial charge in [0.15, 0.2) is 0 Å². The summed E-state index contributed by atoms with van der Waals surface area (Å²) in [6.45, 7) is 5.15. The summed E-state index contributed by atoms with van der Waals surface area (Å²) in [6, 6.07) is 9.37. The highest BCUT2D eigenvalue weighted by atomic mass is 32.1. The Balaban J connectivity index is 1.85. The lowest BCUT2D eigenvalue weighted by molar-refractivity contribution is -0.114. The van der Waals surface area contributed by atoms with Crippen molar-refractivity contribution in [3.63, 3.8) is 0 Å². The lowest BCUT2D eigenvalue weighted by Gasteiger charge is -2.12. The number of hydrogen-bond acceptors (Lipinski definition) is 5. The molecule has 5 nitrogen and oxygen atoms in total. The second kappa shape index (κ2) is 7.16. The number of hydrogen-bond donors (Lipinski definition) is 2. The van der Waals surface area contributed by atoms with E-state index < -0.39 is 0 Å². The van der Waals surface area contributed by atoms with Gasteiger partial charge < -0.3 is 10.6 Å². The van der Waals surface area contributed by atoms with Crippen molar-refractivity contribution in [2.75, 3.05) is 10.6 Å². The summed E-state index contributed by atoms with van der Waals surface area (Å²) < 4.78 is 0. The van der Waals surface area contributed by atoms with E-state index in [9.17, 15) is 9.59 Å². The Hall–Kier alpha value is -2.51. The summed E-state index contributed by atoms with van der Waals surface area (Å²) in [6.07, 6.45) is 0. The van der Waals surface area contributed by atoms with Crippen LogP contribution in [0.1, 0.15) is 27.9 Å². The minimum Gasteiger partial charge on any atom is -0.326 e. The molecule has 0 saturated carbocycles. The van der Waals surface area contributed by atoms with Gasteiger partial charge >= 0.3 is 0 Å². The van der Waals surface area contributed by atoms with Gasteiger partial charge in [-0.15, -0.1) is 22.7 Å². The van der Waals surface area contributed by atoms with Crippen molar-refractivity contribution < 1.29 is 9.59 Å². The number of thiophene rings is 1. The summed E-state index contributed by atoms with van der Waals surface area (Å²) >= 11 is 2.98. The van der Waals surface area contributed by atoms with Crippen LogP contribution in [0.3, 0.4) is 0 Å². The summed E-state index contributed by atoms with van der Waals surface area (Å²) in [4.78, 5) is 30.1. The molecule has 3 rings (SSSR count). The molecule has 0 bridgehead atoms. The lowest BCUT2D eigenvalue weighted by atomic mass is 10.1. The molecule has 0 fully saturated rings. The maximum atomic E-state index is 12.7. The minimum atomic E-state index is -0.194. The van der Waals surface area contributed by atoms with E-state index in [2.05, 4.69) is 15.6 Å². The Morgan fingerprint density at radius 2 is 1.76 bits per heavy atom. The average molecular weight is 371 g/mol. The van der Waals surface area contributed by atoms with Crippen molar-refractivity contribution in [3.05, 3.63) is 51.8 Å². The second-order valence-corrected chi connectivity index (χ2v) is 7.47. The number of nitrogens with one attached hydrogen (secondary N) is 2. The lowest BCUT2D eigenvalue weighted by Crippen LogP contribution is -2.14. The fourth-order valence-electron chi connectivity index (χ4n) is 2.39. The van der Waals surface area contributed by atoms with Crippen molar-refractivity contribution in [1.29, 1.82) is 0 Å². The van der Waals surface area contributed by atoms with E-state index >= 15 is 0 Å². The van der Waals surface area contributed by atoms with E-state index in [1.54, 1.807) is 23.5 Å². The molecule has 3 aromatic rings. The SMILES string of the molecule is CC(=O)Nc1cccc(NC(=O)c2sc(-c3cccs3)nc2C)c1C. The van der Waals surface area contributed by atoms with Gasteiger partial charge in [0, 0.05) is 18.3 Å². The third-order valence-corrected chi connectivity index (χ3v) is 5.82. The Labute approximate surface area is 153 Å². The number of rotatable bonds is 4. The zero-order chi connectivity index (χ0) is 18.0. The number of nitrogens with zero attached hydrogens (tertiary/aromatic N) is 1. The van der Waals surface area contributed by atoms with Crippen LogP contribution in [-0.4, -0.2) is 16.8 Å². The second-order valence-electron chi connectivity index (χ2n) is 5.52. The number of carbonyl (C=O) groups excluding carboxylic acids is 2. The van der Waals surface area contributed by atoms with Gasteiger partial charge in [-0.05, 0) is 43.0 Å². The van der Waals surface area contributed by atoms with Gasteiger partial charge in [-0.2, -0.15) is 0 Å². The molecule has 2 heterocycles. The van der Waals surface area contributed by atoms with E-state index in [0.29, 0.717) is 21.9 Å². The first-order valence-electron chi connectivity index (χ1n) is 7.65. The van der Waals surface area contributed by atoms with Crippen LogP contribution in [0.15, 0.2) is 35.7 Å². The zero-order valence-corrected chi connectivity index (χ0v) is 15.7. The average Bonchev–Trinajstić information content (AvgIpc) is 3.20. The van der Waals surface area contributed by atoms with E-state index in [-0.39, 0.29) is 11.8 Å². The highest BCUT2D eigenvalue weighted by Crippen LogP contribution is 2.32. The fourth-order valence-corrected chi connectivity index (χ4v) is 4.15. The van der Waals surface area contributed by atoms with Crippen LogP contribution in [0.25, 0.3) is 9.88 Å². The molecule has 2 aromatic heterocycles. The van der Waals surface area contributed by atoms with Crippen molar-refractivity contribution in [2.45, 2.75) is 20.8 Å². The van der Waals surface area contributed by atoms with Crippen LogP contribution in [0.4, 0.5) is 11.4 Å². The highest BCUT2D eigenvalue weighted by Gasteiger charge is 2.18. The summed E-state index contributed by atoms with van der Waals surface area (Å²) in [7, 11) is 0.